The lowest BCUT2D eigenvalue weighted by Gasteiger charge is -2.62. The predicted octanol–water partition coefficient (Wildman–Crippen LogP) is 3.42. The number of carbonyl (C=O) groups excluding carboxylic acids is 1. The van der Waals surface area contributed by atoms with Gasteiger partial charge in [-0.15, -0.1) is 0 Å². The van der Waals surface area contributed by atoms with Crippen LogP contribution in [0.15, 0.2) is 0 Å². The molecule has 0 bridgehead atoms. The quantitative estimate of drug-likeness (QED) is 0.349. The van der Waals surface area contributed by atoms with Crippen molar-refractivity contribution in [3.05, 3.63) is 0 Å². The summed E-state index contributed by atoms with van der Waals surface area (Å²) in [7, 11) is -4.48. The average Bonchev–Trinajstić information content (AvgIpc) is 3.13. The molecule has 4 fully saturated rings. The summed E-state index contributed by atoms with van der Waals surface area (Å²) < 4.78 is 36.6. The van der Waals surface area contributed by atoms with E-state index in [4.69, 9.17) is 13.8 Å². The minimum atomic E-state index is -4.48. The molecule has 206 valence electrons. The van der Waals surface area contributed by atoms with Crippen LogP contribution in [0, 0.1) is 46.3 Å². The Morgan fingerprint density at radius 3 is 2.39 bits per heavy atom. The number of hydrogen-bond acceptors (Lipinski definition) is 6. The van der Waals surface area contributed by atoms with E-state index in [1.54, 1.807) is 0 Å². The summed E-state index contributed by atoms with van der Waals surface area (Å²) in [4.78, 5) is 22.8. The molecule has 0 radical (unpaired) electrons. The van der Waals surface area contributed by atoms with E-state index >= 15 is 0 Å². The van der Waals surface area contributed by atoms with Crippen LogP contribution in [-0.4, -0.2) is 53.8 Å². The van der Waals surface area contributed by atoms with E-state index < -0.39 is 28.6 Å². The van der Waals surface area contributed by atoms with Crippen molar-refractivity contribution in [2.45, 2.75) is 97.2 Å². The predicted molar refractivity (Wildman–Crippen MR) is 132 cm³/mol. The SMILES string of the molecule is C[C@H](CCC(=O)NCC(=O)O)[C@H]1CC[C@H]2[C@@H]3[C@H](O)CC4C[C@H](OS(=O)(=O)O)CC[C@]4(C)[C@H]3CC[C@]12C. The molecule has 10 atom stereocenters. The van der Waals surface area contributed by atoms with Crippen molar-refractivity contribution in [1.29, 1.82) is 0 Å². The molecule has 0 spiro atoms. The molecule has 0 aromatic rings. The molecule has 1 unspecified atom stereocenters. The van der Waals surface area contributed by atoms with Gasteiger partial charge in [0.2, 0.25) is 5.91 Å². The molecule has 9 nitrogen and oxygen atoms in total. The zero-order valence-electron chi connectivity index (χ0n) is 21.7. The molecule has 4 rings (SSSR count). The number of aliphatic hydroxyl groups is 1. The van der Waals surface area contributed by atoms with Crippen LogP contribution in [0.25, 0.3) is 0 Å². The highest BCUT2D eigenvalue weighted by atomic mass is 32.3. The Bertz CT molecular complexity index is 956. The molecule has 4 aliphatic rings. The van der Waals surface area contributed by atoms with Crippen molar-refractivity contribution >= 4 is 22.3 Å². The van der Waals surface area contributed by atoms with Crippen LogP contribution in [0.1, 0.15) is 85.0 Å². The number of aliphatic carboxylic acids is 1. The molecule has 0 aromatic carbocycles. The van der Waals surface area contributed by atoms with E-state index in [2.05, 4.69) is 26.1 Å². The van der Waals surface area contributed by atoms with Crippen LogP contribution in [0.4, 0.5) is 0 Å². The third kappa shape index (κ3) is 5.33. The third-order valence-corrected chi connectivity index (χ3v) is 11.4. The molecule has 0 aromatic heterocycles. The Kier molecular flexibility index (Phi) is 7.84. The van der Waals surface area contributed by atoms with Gasteiger partial charge in [0, 0.05) is 6.42 Å². The molecule has 0 heterocycles. The van der Waals surface area contributed by atoms with Crippen molar-refractivity contribution in [2.75, 3.05) is 6.54 Å². The lowest BCUT2D eigenvalue weighted by Crippen LogP contribution is -2.58. The summed E-state index contributed by atoms with van der Waals surface area (Å²) in [6, 6.07) is 0. The van der Waals surface area contributed by atoms with E-state index in [-0.39, 0.29) is 35.1 Å². The van der Waals surface area contributed by atoms with E-state index in [0.29, 0.717) is 49.4 Å². The smallest absolute Gasteiger partial charge is 0.397 e. The number of nitrogens with one attached hydrogen (secondary N) is 1. The van der Waals surface area contributed by atoms with E-state index in [1.165, 1.54) is 0 Å². The van der Waals surface area contributed by atoms with Gasteiger partial charge < -0.3 is 15.5 Å². The standard InChI is InChI=1S/C26H43NO8S/c1-15(4-7-22(29)27-14-23(30)31)18-5-6-19-24-20(9-11-26(18,19)3)25(2)10-8-17(35-36(32,33)34)12-16(25)13-21(24)28/h15-21,24,28H,4-14H2,1-3H3,(H,27,29)(H,30,31)(H,32,33,34)/t15-,16?,17-,18-,19+,20+,21-,24+,25+,26-/m1/s1. The lowest BCUT2D eigenvalue weighted by molar-refractivity contribution is -0.172. The van der Waals surface area contributed by atoms with Crippen LogP contribution >= 0.6 is 0 Å². The third-order valence-electron chi connectivity index (χ3n) is 10.9. The molecule has 1 amide bonds. The minimum absolute atomic E-state index is 0.0240. The molecule has 4 N–H and O–H groups in total. The first kappa shape index (κ1) is 27.8. The lowest BCUT2D eigenvalue weighted by atomic mass is 9.43. The monoisotopic (exact) mass is 529 g/mol. The molecular weight excluding hydrogens is 486 g/mol. The highest BCUT2D eigenvalue weighted by Crippen LogP contribution is 2.68. The van der Waals surface area contributed by atoms with Gasteiger partial charge in [0.15, 0.2) is 0 Å². The second-order valence-electron chi connectivity index (χ2n) is 12.6. The highest BCUT2D eigenvalue weighted by Gasteiger charge is 2.63. The number of rotatable bonds is 8. The van der Waals surface area contributed by atoms with Crippen molar-refractivity contribution in [3.63, 3.8) is 0 Å². The number of amides is 1. The van der Waals surface area contributed by atoms with Gasteiger partial charge in [0.1, 0.15) is 6.54 Å². The van der Waals surface area contributed by atoms with Crippen LogP contribution in [0.3, 0.4) is 0 Å². The van der Waals surface area contributed by atoms with Gasteiger partial charge >= 0.3 is 16.4 Å². The van der Waals surface area contributed by atoms with Gasteiger partial charge in [-0.25, -0.2) is 4.18 Å². The van der Waals surface area contributed by atoms with Crippen molar-refractivity contribution in [2.24, 2.45) is 46.3 Å². The fourth-order valence-electron chi connectivity index (χ4n) is 9.24. The molecule has 10 heteroatoms. The second-order valence-corrected chi connectivity index (χ2v) is 13.7. The van der Waals surface area contributed by atoms with E-state index in [1.807, 2.05) is 0 Å². The topological polar surface area (TPSA) is 150 Å². The Balaban J connectivity index is 1.43. The number of aliphatic hydroxyl groups excluding tert-OH is 1. The molecule has 4 aliphatic carbocycles. The molecular formula is C26H43NO8S. The zero-order chi connectivity index (χ0) is 26.5. The molecule has 4 saturated carbocycles. The number of carboxylic acid groups (broad SMARTS) is 1. The molecule has 0 aliphatic heterocycles. The van der Waals surface area contributed by atoms with Gasteiger partial charge in [0.05, 0.1) is 12.2 Å². The summed E-state index contributed by atoms with van der Waals surface area (Å²) in [6.45, 7) is 6.56. The van der Waals surface area contributed by atoms with Crippen molar-refractivity contribution < 1.29 is 37.0 Å². The molecule has 0 saturated heterocycles. The Labute approximate surface area is 214 Å². The van der Waals surface area contributed by atoms with Crippen molar-refractivity contribution in [3.8, 4) is 0 Å². The minimum Gasteiger partial charge on any atom is -0.480 e. The Morgan fingerprint density at radius 1 is 1.06 bits per heavy atom. The summed E-state index contributed by atoms with van der Waals surface area (Å²) in [6.07, 6.45) is 6.98. The zero-order valence-corrected chi connectivity index (χ0v) is 22.5. The summed E-state index contributed by atoms with van der Waals surface area (Å²) in [5.41, 5.74) is 0.129. The maximum atomic E-state index is 12.1. The first-order chi connectivity index (χ1) is 16.7. The van der Waals surface area contributed by atoms with Crippen LogP contribution in [-0.2, 0) is 24.2 Å². The summed E-state index contributed by atoms with van der Waals surface area (Å²) >= 11 is 0. The van der Waals surface area contributed by atoms with Gasteiger partial charge in [-0.3, -0.25) is 14.1 Å². The van der Waals surface area contributed by atoms with Crippen LogP contribution in [0.5, 0.6) is 0 Å². The summed E-state index contributed by atoms with van der Waals surface area (Å²) in [5.74, 6) is 0.732. The Hall–Kier alpha value is -1.23. The fraction of sp³-hybridized carbons (Fsp3) is 0.923. The normalized spacial score (nSPS) is 43.1. The van der Waals surface area contributed by atoms with E-state index in [0.717, 1.165) is 38.5 Å². The van der Waals surface area contributed by atoms with Crippen molar-refractivity contribution in [1.82, 2.24) is 5.32 Å². The van der Waals surface area contributed by atoms with Gasteiger partial charge in [0.25, 0.3) is 0 Å². The van der Waals surface area contributed by atoms with Crippen LogP contribution in [0.2, 0.25) is 0 Å². The van der Waals surface area contributed by atoms with Gasteiger partial charge in [-0.1, -0.05) is 20.8 Å². The van der Waals surface area contributed by atoms with Crippen LogP contribution < -0.4 is 5.32 Å². The highest BCUT2D eigenvalue weighted by molar-refractivity contribution is 7.80. The average molecular weight is 530 g/mol. The number of carbonyl (C=O) groups is 2. The first-order valence-electron chi connectivity index (χ1n) is 13.6. The van der Waals surface area contributed by atoms with Gasteiger partial charge in [-0.2, -0.15) is 8.42 Å². The first-order valence-corrected chi connectivity index (χ1v) is 14.9. The van der Waals surface area contributed by atoms with E-state index in [9.17, 15) is 23.1 Å². The molecule has 36 heavy (non-hydrogen) atoms. The Morgan fingerprint density at radius 2 is 1.72 bits per heavy atom. The van der Waals surface area contributed by atoms with Gasteiger partial charge in [-0.05, 0) is 104 Å². The maximum Gasteiger partial charge on any atom is 0.397 e. The summed E-state index contributed by atoms with van der Waals surface area (Å²) in [5, 5.41) is 22.7. The maximum absolute atomic E-state index is 12.1. The second kappa shape index (κ2) is 10.2. The number of carboxylic acids is 1. The fourth-order valence-corrected chi connectivity index (χ4v) is 9.76. The number of hydrogen-bond donors (Lipinski definition) is 4. The number of fused-ring (bicyclic) bond motifs is 5. The largest absolute Gasteiger partial charge is 0.480 e.